The summed E-state index contributed by atoms with van der Waals surface area (Å²) in [5, 5.41) is 4.27. The molecule has 1 aliphatic rings. The van der Waals surface area contributed by atoms with Crippen LogP contribution in [0.1, 0.15) is 44.2 Å². The monoisotopic (exact) mass is 250 g/mol. The summed E-state index contributed by atoms with van der Waals surface area (Å²) >= 11 is 0. The Hall–Kier alpha value is -0.870. The van der Waals surface area contributed by atoms with Crippen LogP contribution in [0.5, 0.6) is 0 Å². The summed E-state index contributed by atoms with van der Waals surface area (Å²) in [6.45, 7) is 3.03. The summed E-state index contributed by atoms with van der Waals surface area (Å²) in [5.74, 6) is 0.773. The zero-order chi connectivity index (χ0) is 13.1. The van der Waals surface area contributed by atoms with Gasteiger partial charge in [-0.3, -0.25) is 9.58 Å². The highest BCUT2D eigenvalue weighted by Gasteiger charge is 2.29. The lowest BCUT2D eigenvalue weighted by atomic mass is 9.84. The van der Waals surface area contributed by atoms with E-state index in [0.29, 0.717) is 18.6 Å². The summed E-state index contributed by atoms with van der Waals surface area (Å²) in [4.78, 5) is 2.47. The van der Waals surface area contributed by atoms with E-state index in [-0.39, 0.29) is 0 Å². The van der Waals surface area contributed by atoms with E-state index >= 15 is 0 Å². The van der Waals surface area contributed by atoms with Crippen LogP contribution in [-0.4, -0.2) is 34.3 Å². The van der Waals surface area contributed by atoms with Gasteiger partial charge in [0.15, 0.2) is 0 Å². The van der Waals surface area contributed by atoms with Crippen molar-refractivity contribution in [2.75, 3.05) is 13.6 Å². The van der Waals surface area contributed by atoms with Crippen LogP contribution >= 0.6 is 0 Å². The van der Waals surface area contributed by atoms with Crippen LogP contribution in [0.3, 0.4) is 0 Å². The molecule has 1 saturated carbocycles. The molecule has 3 atom stereocenters. The van der Waals surface area contributed by atoms with Crippen molar-refractivity contribution >= 4 is 0 Å². The number of nitrogens with zero attached hydrogens (tertiary/aromatic N) is 3. The highest BCUT2D eigenvalue weighted by Crippen LogP contribution is 2.31. The molecule has 1 aromatic heterocycles. The Morgan fingerprint density at radius 1 is 1.50 bits per heavy atom. The lowest BCUT2D eigenvalue weighted by molar-refractivity contribution is 0.0992. The lowest BCUT2D eigenvalue weighted by Gasteiger charge is -2.40. The molecule has 0 saturated heterocycles. The van der Waals surface area contributed by atoms with Crippen LogP contribution in [0.25, 0.3) is 0 Å². The average Bonchev–Trinajstić information content (AvgIpc) is 2.77. The van der Waals surface area contributed by atoms with E-state index in [4.69, 9.17) is 5.73 Å². The van der Waals surface area contributed by atoms with Gasteiger partial charge in [-0.15, -0.1) is 0 Å². The topological polar surface area (TPSA) is 47.1 Å². The molecule has 1 heterocycles. The molecule has 0 spiro atoms. The Balaban J connectivity index is 2.11. The summed E-state index contributed by atoms with van der Waals surface area (Å²) in [5.41, 5.74) is 7.22. The maximum absolute atomic E-state index is 5.99. The Labute approximate surface area is 110 Å². The molecular weight excluding hydrogens is 224 g/mol. The Kier molecular flexibility index (Phi) is 4.40. The van der Waals surface area contributed by atoms with Crippen LogP contribution in [0.4, 0.5) is 0 Å². The SMILES string of the molecule is CC1CCCCC1N(C)C(CN)c1cnn(C)c1. The van der Waals surface area contributed by atoms with E-state index < -0.39 is 0 Å². The number of aryl methyl sites for hydroxylation is 1. The van der Waals surface area contributed by atoms with Gasteiger partial charge in [-0.05, 0) is 25.8 Å². The first-order valence-corrected chi connectivity index (χ1v) is 7.04. The van der Waals surface area contributed by atoms with Gasteiger partial charge in [-0.25, -0.2) is 0 Å². The molecule has 3 unspecified atom stereocenters. The van der Waals surface area contributed by atoms with Crippen molar-refractivity contribution < 1.29 is 0 Å². The highest BCUT2D eigenvalue weighted by molar-refractivity contribution is 5.11. The molecule has 1 aliphatic carbocycles. The van der Waals surface area contributed by atoms with E-state index in [1.807, 2.05) is 17.9 Å². The fourth-order valence-corrected chi connectivity index (χ4v) is 3.28. The van der Waals surface area contributed by atoms with Crippen molar-refractivity contribution in [1.82, 2.24) is 14.7 Å². The number of likely N-dealkylation sites (N-methyl/N-ethyl adjacent to an activating group) is 1. The van der Waals surface area contributed by atoms with Crippen molar-refractivity contribution in [2.24, 2.45) is 18.7 Å². The molecule has 0 amide bonds. The number of rotatable bonds is 4. The number of nitrogens with two attached hydrogens (primary N) is 1. The first kappa shape index (κ1) is 13.6. The van der Waals surface area contributed by atoms with Gasteiger partial charge < -0.3 is 5.73 Å². The van der Waals surface area contributed by atoms with Gasteiger partial charge in [0, 0.05) is 31.4 Å². The summed E-state index contributed by atoms with van der Waals surface area (Å²) < 4.78 is 1.86. The highest BCUT2D eigenvalue weighted by atomic mass is 15.3. The van der Waals surface area contributed by atoms with E-state index in [9.17, 15) is 0 Å². The maximum atomic E-state index is 5.99. The van der Waals surface area contributed by atoms with Crippen molar-refractivity contribution in [1.29, 1.82) is 0 Å². The van der Waals surface area contributed by atoms with Gasteiger partial charge >= 0.3 is 0 Å². The third-order valence-corrected chi connectivity index (χ3v) is 4.41. The van der Waals surface area contributed by atoms with Gasteiger partial charge in [0.2, 0.25) is 0 Å². The minimum atomic E-state index is 0.296. The largest absolute Gasteiger partial charge is 0.329 e. The second-order valence-electron chi connectivity index (χ2n) is 5.69. The second-order valence-corrected chi connectivity index (χ2v) is 5.69. The third-order valence-electron chi connectivity index (χ3n) is 4.41. The molecule has 4 heteroatoms. The number of hydrogen-bond acceptors (Lipinski definition) is 3. The molecule has 0 aliphatic heterocycles. The normalized spacial score (nSPS) is 26.5. The van der Waals surface area contributed by atoms with Gasteiger partial charge in [0.05, 0.1) is 12.2 Å². The molecule has 0 bridgehead atoms. The molecule has 2 rings (SSSR count). The van der Waals surface area contributed by atoms with E-state index in [1.165, 1.54) is 31.2 Å². The van der Waals surface area contributed by atoms with Crippen LogP contribution < -0.4 is 5.73 Å². The Morgan fingerprint density at radius 2 is 2.22 bits per heavy atom. The Bertz CT molecular complexity index is 374. The van der Waals surface area contributed by atoms with Crippen LogP contribution in [0.15, 0.2) is 12.4 Å². The lowest BCUT2D eigenvalue weighted by Crippen LogP contribution is -2.43. The quantitative estimate of drug-likeness (QED) is 0.888. The predicted molar refractivity (Wildman–Crippen MR) is 74.2 cm³/mol. The second kappa shape index (κ2) is 5.85. The number of hydrogen-bond donors (Lipinski definition) is 1. The molecule has 0 aromatic carbocycles. The minimum Gasteiger partial charge on any atom is -0.329 e. The van der Waals surface area contributed by atoms with Crippen molar-refractivity contribution in [3.8, 4) is 0 Å². The Morgan fingerprint density at radius 3 is 2.78 bits per heavy atom. The van der Waals surface area contributed by atoms with E-state index in [1.54, 1.807) is 0 Å². The van der Waals surface area contributed by atoms with Gasteiger partial charge in [0.25, 0.3) is 0 Å². The third kappa shape index (κ3) is 2.75. The molecule has 4 nitrogen and oxygen atoms in total. The maximum Gasteiger partial charge on any atom is 0.0538 e. The molecule has 1 aromatic rings. The van der Waals surface area contributed by atoms with E-state index in [0.717, 1.165) is 5.92 Å². The molecule has 102 valence electrons. The van der Waals surface area contributed by atoms with Gasteiger partial charge in [0.1, 0.15) is 0 Å². The van der Waals surface area contributed by atoms with Crippen molar-refractivity contribution in [2.45, 2.75) is 44.7 Å². The summed E-state index contributed by atoms with van der Waals surface area (Å²) in [7, 11) is 4.18. The molecular formula is C14H26N4. The summed E-state index contributed by atoms with van der Waals surface area (Å²) in [6.07, 6.45) is 9.41. The predicted octanol–water partition coefficient (Wildman–Crippen LogP) is 1.93. The average molecular weight is 250 g/mol. The smallest absolute Gasteiger partial charge is 0.0538 e. The van der Waals surface area contributed by atoms with Gasteiger partial charge in [-0.2, -0.15) is 5.10 Å². The zero-order valence-electron chi connectivity index (χ0n) is 11.8. The minimum absolute atomic E-state index is 0.296. The molecule has 18 heavy (non-hydrogen) atoms. The van der Waals surface area contributed by atoms with E-state index in [2.05, 4.69) is 30.2 Å². The zero-order valence-corrected chi connectivity index (χ0v) is 11.8. The fraction of sp³-hybridized carbons (Fsp3) is 0.786. The van der Waals surface area contributed by atoms with Crippen LogP contribution in [-0.2, 0) is 7.05 Å². The first-order chi connectivity index (χ1) is 8.63. The molecule has 0 radical (unpaired) electrons. The van der Waals surface area contributed by atoms with Crippen molar-refractivity contribution in [3.63, 3.8) is 0 Å². The van der Waals surface area contributed by atoms with Crippen LogP contribution in [0.2, 0.25) is 0 Å². The number of aromatic nitrogens is 2. The summed E-state index contributed by atoms with van der Waals surface area (Å²) in [6, 6.07) is 0.955. The van der Waals surface area contributed by atoms with Crippen LogP contribution in [0, 0.1) is 5.92 Å². The van der Waals surface area contributed by atoms with Crippen molar-refractivity contribution in [3.05, 3.63) is 18.0 Å². The molecule has 2 N–H and O–H groups in total. The first-order valence-electron chi connectivity index (χ1n) is 7.04. The van der Waals surface area contributed by atoms with Gasteiger partial charge in [-0.1, -0.05) is 19.8 Å². The molecule has 1 fully saturated rings. The fourth-order valence-electron chi connectivity index (χ4n) is 3.28. The standard InChI is InChI=1S/C14H26N4/c1-11-6-4-5-7-13(11)18(3)14(8-15)12-9-16-17(2)10-12/h9-11,13-14H,4-8,15H2,1-3H3.